The second-order valence-electron chi connectivity index (χ2n) is 5.77. The summed E-state index contributed by atoms with van der Waals surface area (Å²) in [5.74, 6) is 0. The van der Waals surface area contributed by atoms with Gasteiger partial charge in [-0.05, 0) is 39.9 Å². The van der Waals surface area contributed by atoms with Crippen LogP contribution < -0.4 is 5.73 Å². The lowest BCUT2D eigenvalue weighted by atomic mass is 9.81. The van der Waals surface area contributed by atoms with Crippen molar-refractivity contribution >= 4 is 50.0 Å². The van der Waals surface area contributed by atoms with Crippen molar-refractivity contribution in [2.24, 2.45) is 11.1 Å². The first-order valence-electron chi connectivity index (χ1n) is 6.36. The Morgan fingerprint density at radius 2 is 2.05 bits per heavy atom. The first-order chi connectivity index (χ1) is 9.16. The normalized spacial score (nSPS) is 22.6. The molecule has 1 aromatic carbocycles. The Hall–Kier alpha value is 0.150. The molecule has 1 unspecified atom stereocenters. The maximum atomic E-state index is 12.8. The van der Waals surface area contributed by atoms with Crippen LogP contribution in [0.15, 0.2) is 27.6 Å². The lowest BCUT2D eigenvalue weighted by molar-refractivity contribution is 0.155. The van der Waals surface area contributed by atoms with Gasteiger partial charge in [0.15, 0.2) is 0 Å². The maximum absolute atomic E-state index is 12.8. The monoisotopic (exact) mass is 416 g/mol. The van der Waals surface area contributed by atoms with Crippen LogP contribution in [0.2, 0.25) is 5.02 Å². The summed E-state index contributed by atoms with van der Waals surface area (Å²) < 4.78 is 27.4. The predicted octanol–water partition coefficient (Wildman–Crippen LogP) is 3.27. The van der Waals surface area contributed by atoms with E-state index in [9.17, 15) is 8.42 Å². The summed E-state index contributed by atoms with van der Waals surface area (Å²) >= 11 is 9.25. The molecule has 8 heteroatoms. The molecule has 1 aliphatic heterocycles. The van der Waals surface area contributed by atoms with Gasteiger partial charge in [0, 0.05) is 19.1 Å². The van der Waals surface area contributed by atoms with Crippen LogP contribution in [0.1, 0.15) is 20.3 Å². The highest BCUT2D eigenvalue weighted by Gasteiger charge is 2.39. The first-order valence-corrected chi connectivity index (χ1v) is 8.97. The van der Waals surface area contributed by atoms with E-state index in [1.54, 1.807) is 18.2 Å². The van der Waals surface area contributed by atoms with E-state index in [0.717, 1.165) is 0 Å². The van der Waals surface area contributed by atoms with Crippen molar-refractivity contribution < 1.29 is 8.42 Å². The standard InChI is InChI=1S/C13H18BrClN2O2S.ClH/c1-13(2)8-17(7-6-11(13)16)20(18,19)10-5-3-4-9(15)12(10)14;/h3-5,11H,6-8,16H2,1-2H3;1H. The molecule has 2 N–H and O–H groups in total. The number of hydrogen-bond donors (Lipinski definition) is 1. The quantitative estimate of drug-likeness (QED) is 0.802. The van der Waals surface area contributed by atoms with Gasteiger partial charge in [0.05, 0.1) is 14.4 Å². The average Bonchev–Trinajstić information content (AvgIpc) is 2.35. The Kier molecular flexibility index (Phi) is 6.15. The number of benzene rings is 1. The zero-order chi connectivity index (χ0) is 15.1. The van der Waals surface area contributed by atoms with Crippen molar-refractivity contribution in [1.29, 1.82) is 0 Å². The van der Waals surface area contributed by atoms with Crippen molar-refractivity contribution in [3.8, 4) is 0 Å². The average molecular weight is 418 g/mol. The lowest BCUT2D eigenvalue weighted by Crippen LogP contribution is -2.53. The fraction of sp³-hybridized carbons (Fsp3) is 0.538. The van der Waals surface area contributed by atoms with Gasteiger partial charge < -0.3 is 5.73 Å². The Bertz CT molecular complexity index is 623. The maximum Gasteiger partial charge on any atom is 0.244 e. The van der Waals surface area contributed by atoms with Crippen LogP contribution in [0.3, 0.4) is 0 Å². The molecule has 1 fully saturated rings. The summed E-state index contributed by atoms with van der Waals surface area (Å²) in [5.41, 5.74) is 5.82. The number of hydrogen-bond acceptors (Lipinski definition) is 3. The van der Waals surface area contributed by atoms with E-state index in [1.165, 1.54) is 4.31 Å². The van der Waals surface area contributed by atoms with E-state index >= 15 is 0 Å². The molecular weight excluding hydrogens is 399 g/mol. The smallest absolute Gasteiger partial charge is 0.244 e. The number of halogens is 3. The molecule has 0 spiro atoms. The molecule has 0 aliphatic carbocycles. The van der Waals surface area contributed by atoms with Gasteiger partial charge in [0.25, 0.3) is 0 Å². The van der Waals surface area contributed by atoms with Crippen LogP contribution in [-0.4, -0.2) is 31.9 Å². The number of piperidine rings is 1. The molecule has 1 aromatic rings. The molecule has 0 bridgehead atoms. The summed E-state index contributed by atoms with van der Waals surface area (Å²) in [6.07, 6.45) is 0.657. The number of rotatable bonds is 2. The van der Waals surface area contributed by atoms with Crippen molar-refractivity contribution in [2.45, 2.75) is 31.2 Å². The summed E-state index contributed by atoms with van der Waals surface area (Å²) in [4.78, 5) is 0.205. The van der Waals surface area contributed by atoms with Gasteiger partial charge in [-0.2, -0.15) is 4.31 Å². The SMILES string of the molecule is CC1(C)CN(S(=O)(=O)c2cccc(Cl)c2Br)CCC1N.Cl. The molecule has 1 aliphatic rings. The Balaban J connectivity index is 0.00000220. The van der Waals surface area contributed by atoms with E-state index < -0.39 is 10.0 Å². The third-order valence-electron chi connectivity index (χ3n) is 3.81. The third kappa shape index (κ3) is 3.74. The largest absolute Gasteiger partial charge is 0.327 e. The van der Waals surface area contributed by atoms with Gasteiger partial charge in [-0.1, -0.05) is 31.5 Å². The molecule has 21 heavy (non-hydrogen) atoms. The molecule has 2 rings (SSSR count). The van der Waals surface area contributed by atoms with Gasteiger partial charge in [0.1, 0.15) is 0 Å². The Morgan fingerprint density at radius 1 is 1.43 bits per heavy atom. The van der Waals surface area contributed by atoms with Gasteiger partial charge in [-0.25, -0.2) is 8.42 Å². The molecule has 0 aromatic heterocycles. The van der Waals surface area contributed by atoms with E-state index in [0.29, 0.717) is 29.0 Å². The first kappa shape index (κ1) is 19.2. The van der Waals surface area contributed by atoms with Crippen LogP contribution in [-0.2, 0) is 10.0 Å². The summed E-state index contributed by atoms with van der Waals surface area (Å²) in [6, 6.07) is 4.87. The number of nitrogens with zero attached hydrogens (tertiary/aromatic N) is 1. The van der Waals surface area contributed by atoms with Crippen LogP contribution in [0.4, 0.5) is 0 Å². The van der Waals surface area contributed by atoms with E-state index in [-0.39, 0.29) is 28.8 Å². The van der Waals surface area contributed by atoms with Crippen molar-refractivity contribution in [1.82, 2.24) is 4.31 Å². The molecule has 0 amide bonds. The molecule has 1 saturated heterocycles. The summed E-state index contributed by atoms with van der Waals surface area (Å²) in [7, 11) is -3.56. The third-order valence-corrected chi connectivity index (χ3v) is 7.36. The Morgan fingerprint density at radius 3 is 2.62 bits per heavy atom. The van der Waals surface area contributed by atoms with Gasteiger partial charge >= 0.3 is 0 Å². The van der Waals surface area contributed by atoms with Crippen LogP contribution in [0, 0.1) is 5.41 Å². The van der Waals surface area contributed by atoms with Crippen LogP contribution in [0.5, 0.6) is 0 Å². The fourth-order valence-electron chi connectivity index (χ4n) is 2.35. The minimum atomic E-state index is -3.56. The van der Waals surface area contributed by atoms with Crippen molar-refractivity contribution in [2.75, 3.05) is 13.1 Å². The number of sulfonamides is 1. The predicted molar refractivity (Wildman–Crippen MR) is 91.5 cm³/mol. The molecule has 1 heterocycles. The molecule has 0 saturated carbocycles. The zero-order valence-corrected chi connectivity index (χ0v) is 15.8. The van der Waals surface area contributed by atoms with Crippen LogP contribution in [0.25, 0.3) is 0 Å². The highest BCUT2D eigenvalue weighted by molar-refractivity contribution is 9.10. The second-order valence-corrected chi connectivity index (χ2v) is 8.88. The zero-order valence-electron chi connectivity index (χ0n) is 11.8. The van der Waals surface area contributed by atoms with E-state index in [1.807, 2.05) is 13.8 Å². The minimum absolute atomic E-state index is 0. The molecule has 4 nitrogen and oxygen atoms in total. The van der Waals surface area contributed by atoms with Crippen molar-refractivity contribution in [3.05, 3.63) is 27.7 Å². The van der Waals surface area contributed by atoms with Crippen molar-refractivity contribution in [3.63, 3.8) is 0 Å². The highest BCUT2D eigenvalue weighted by Crippen LogP contribution is 2.35. The second kappa shape index (κ2) is 6.72. The van der Waals surface area contributed by atoms with Gasteiger partial charge in [-0.3, -0.25) is 0 Å². The number of nitrogens with two attached hydrogens (primary N) is 1. The topological polar surface area (TPSA) is 63.4 Å². The van der Waals surface area contributed by atoms with Gasteiger partial charge in [-0.15, -0.1) is 12.4 Å². The molecule has 1 atom stereocenters. The summed E-state index contributed by atoms with van der Waals surface area (Å²) in [6.45, 7) is 4.83. The van der Waals surface area contributed by atoms with Gasteiger partial charge in [0.2, 0.25) is 10.0 Å². The van der Waals surface area contributed by atoms with E-state index in [4.69, 9.17) is 17.3 Å². The molecular formula is C13H19BrCl2N2O2S. The minimum Gasteiger partial charge on any atom is -0.327 e. The molecule has 120 valence electrons. The fourth-order valence-corrected chi connectivity index (χ4v) is 5.17. The van der Waals surface area contributed by atoms with Crippen LogP contribution >= 0.6 is 39.9 Å². The summed E-state index contributed by atoms with van der Waals surface area (Å²) in [5, 5.41) is 0.388. The lowest BCUT2D eigenvalue weighted by Gasteiger charge is -2.41. The molecule has 0 radical (unpaired) electrons. The highest BCUT2D eigenvalue weighted by atomic mass is 79.9. The van der Waals surface area contributed by atoms with E-state index in [2.05, 4.69) is 15.9 Å². The Labute approximate surface area is 145 Å².